The Kier molecular flexibility index (Phi) is 4.07. The number of aryl methyl sites for hydroxylation is 1. The van der Waals surface area contributed by atoms with Crippen LogP contribution in [0, 0.1) is 12.7 Å². The van der Waals surface area contributed by atoms with E-state index in [9.17, 15) is 4.39 Å². The SMILES string of the molecule is Cc1nn2cc(Cc3nc4cnc5ccc(F)cc5c4n3C3CCOCC3)nc2s1. The number of pyridine rings is 1. The molecule has 5 aromatic rings. The number of halogens is 1. The Morgan fingerprint density at radius 1 is 1.20 bits per heavy atom. The van der Waals surface area contributed by atoms with E-state index in [1.807, 2.05) is 17.6 Å². The molecule has 0 atom stereocenters. The van der Waals surface area contributed by atoms with Gasteiger partial charge < -0.3 is 9.30 Å². The van der Waals surface area contributed by atoms with Crippen LogP contribution in [0.25, 0.3) is 26.9 Å². The van der Waals surface area contributed by atoms with Crippen LogP contribution in [-0.2, 0) is 11.2 Å². The maximum Gasteiger partial charge on any atom is 0.212 e. The largest absolute Gasteiger partial charge is 0.381 e. The van der Waals surface area contributed by atoms with Crippen LogP contribution in [0.1, 0.15) is 35.4 Å². The summed E-state index contributed by atoms with van der Waals surface area (Å²) < 4.78 is 23.8. The molecule has 30 heavy (non-hydrogen) atoms. The molecule has 0 spiro atoms. The smallest absolute Gasteiger partial charge is 0.212 e. The van der Waals surface area contributed by atoms with Gasteiger partial charge in [0.2, 0.25) is 4.96 Å². The van der Waals surface area contributed by atoms with E-state index in [0.717, 1.165) is 56.3 Å². The molecule has 0 N–H and O–H groups in total. The second-order valence-electron chi connectivity index (χ2n) is 7.65. The van der Waals surface area contributed by atoms with Gasteiger partial charge in [0.05, 0.1) is 29.1 Å². The Labute approximate surface area is 175 Å². The third-order valence-electron chi connectivity index (χ3n) is 5.64. The van der Waals surface area contributed by atoms with Gasteiger partial charge in [-0.2, -0.15) is 5.10 Å². The summed E-state index contributed by atoms with van der Waals surface area (Å²) in [6.45, 7) is 3.40. The minimum atomic E-state index is -0.270. The fourth-order valence-corrected chi connectivity index (χ4v) is 5.09. The molecule has 0 amide bonds. The molecule has 7 nitrogen and oxygen atoms in total. The molecule has 0 aliphatic carbocycles. The molecule has 0 saturated carbocycles. The first-order valence-electron chi connectivity index (χ1n) is 10.0. The van der Waals surface area contributed by atoms with E-state index in [1.165, 1.54) is 6.07 Å². The van der Waals surface area contributed by atoms with Gasteiger partial charge in [-0.3, -0.25) is 4.98 Å². The number of benzene rings is 1. The Balaban J connectivity index is 1.55. The molecule has 6 rings (SSSR count). The van der Waals surface area contributed by atoms with E-state index in [-0.39, 0.29) is 11.9 Å². The molecule has 9 heteroatoms. The van der Waals surface area contributed by atoms with Crippen molar-refractivity contribution in [2.24, 2.45) is 0 Å². The van der Waals surface area contributed by atoms with Crippen LogP contribution in [0.15, 0.2) is 30.6 Å². The number of rotatable bonds is 3. The van der Waals surface area contributed by atoms with Crippen molar-refractivity contribution in [1.29, 1.82) is 0 Å². The lowest BCUT2D eigenvalue weighted by molar-refractivity contribution is 0.0700. The summed E-state index contributed by atoms with van der Waals surface area (Å²) in [5.41, 5.74) is 3.41. The Morgan fingerprint density at radius 3 is 2.90 bits per heavy atom. The van der Waals surface area contributed by atoms with Gasteiger partial charge in [0.15, 0.2) is 0 Å². The predicted molar refractivity (Wildman–Crippen MR) is 112 cm³/mol. The molecule has 1 aliphatic rings. The van der Waals surface area contributed by atoms with Crippen LogP contribution in [-0.4, -0.2) is 42.3 Å². The van der Waals surface area contributed by atoms with Crippen molar-refractivity contribution in [3.8, 4) is 0 Å². The van der Waals surface area contributed by atoms with Crippen molar-refractivity contribution in [2.75, 3.05) is 13.2 Å². The molecular formula is C21H19FN6OS. The summed E-state index contributed by atoms with van der Waals surface area (Å²) in [4.78, 5) is 15.0. The van der Waals surface area contributed by atoms with Gasteiger partial charge in [0, 0.05) is 31.1 Å². The quantitative estimate of drug-likeness (QED) is 0.438. The summed E-state index contributed by atoms with van der Waals surface area (Å²) in [6.07, 6.45) is 6.12. The highest BCUT2D eigenvalue weighted by molar-refractivity contribution is 7.16. The second-order valence-corrected chi connectivity index (χ2v) is 8.81. The van der Waals surface area contributed by atoms with Crippen molar-refractivity contribution in [3.63, 3.8) is 0 Å². The molecule has 4 aromatic heterocycles. The summed E-state index contributed by atoms with van der Waals surface area (Å²) >= 11 is 1.57. The zero-order chi connectivity index (χ0) is 20.2. The summed E-state index contributed by atoms with van der Waals surface area (Å²) in [5, 5.41) is 6.24. The predicted octanol–water partition coefficient (Wildman–Crippen LogP) is 4.08. The average Bonchev–Trinajstić information content (AvgIpc) is 3.39. The number of nitrogens with zero attached hydrogens (tertiary/aromatic N) is 6. The van der Waals surface area contributed by atoms with Gasteiger partial charge in [0.25, 0.3) is 0 Å². The zero-order valence-electron chi connectivity index (χ0n) is 16.4. The molecule has 5 heterocycles. The van der Waals surface area contributed by atoms with Crippen molar-refractivity contribution in [3.05, 3.63) is 52.9 Å². The van der Waals surface area contributed by atoms with Crippen LogP contribution >= 0.6 is 11.3 Å². The van der Waals surface area contributed by atoms with E-state index < -0.39 is 0 Å². The summed E-state index contributed by atoms with van der Waals surface area (Å²) in [5.74, 6) is 0.645. The number of fused-ring (bicyclic) bond motifs is 4. The van der Waals surface area contributed by atoms with Crippen molar-refractivity contribution >= 4 is 38.2 Å². The van der Waals surface area contributed by atoms with E-state index in [4.69, 9.17) is 14.7 Å². The molecule has 0 unspecified atom stereocenters. The highest BCUT2D eigenvalue weighted by atomic mass is 32.1. The molecule has 0 radical (unpaired) electrons. The zero-order valence-corrected chi connectivity index (χ0v) is 17.2. The van der Waals surface area contributed by atoms with Gasteiger partial charge >= 0.3 is 0 Å². The minimum absolute atomic E-state index is 0.247. The number of aromatic nitrogens is 6. The molecular weight excluding hydrogens is 403 g/mol. The third-order valence-corrected chi connectivity index (χ3v) is 6.48. The van der Waals surface area contributed by atoms with Crippen molar-refractivity contribution in [2.45, 2.75) is 32.2 Å². The number of hydrogen-bond acceptors (Lipinski definition) is 6. The van der Waals surface area contributed by atoms with Crippen LogP contribution in [0.4, 0.5) is 4.39 Å². The van der Waals surface area contributed by atoms with Gasteiger partial charge in [0.1, 0.15) is 22.2 Å². The van der Waals surface area contributed by atoms with E-state index in [2.05, 4.69) is 14.6 Å². The molecule has 1 fully saturated rings. The van der Waals surface area contributed by atoms with Gasteiger partial charge in [-0.25, -0.2) is 18.9 Å². The van der Waals surface area contributed by atoms with Gasteiger partial charge in [-0.1, -0.05) is 11.3 Å². The molecule has 1 aliphatic heterocycles. The van der Waals surface area contributed by atoms with E-state index in [0.29, 0.717) is 19.6 Å². The average molecular weight is 422 g/mol. The molecule has 0 bridgehead atoms. The third kappa shape index (κ3) is 2.88. The maximum atomic E-state index is 14.1. The maximum absolute atomic E-state index is 14.1. The first-order valence-corrected chi connectivity index (χ1v) is 10.8. The van der Waals surface area contributed by atoms with E-state index >= 15 is 0 Å². The molecule has 1 aromatic carbocycles. The lowest BCUT2D eigenvalue weighted by Crippen LogP contribution is -2.21. The number of hydrogen-bond donors (Lipinski definition) is 0. The normalized spacial score (nSPS) is 15.7. The molecule has 152 valence electrons. The lowest BCUT2D eigenvalue weighted by atomic mass is 10.1. The fraction of sp³-hybridized carbons (Fsp3) is 0.333. The highest BCUT2D eigenvalue weighted by Crippen LogP contribution is 2.33. The summed E-state index contributed by atoms with van der Waals surface area (Å²) in [6, 6.07) is 4.98. The summed E-state index contributed by atoms with van der Waals surface area (Å²) in [7, 11) is 0. The Bertz CT molecular complexity index is 1370. The van der Waals surface area contributed by atoms with Crippen molar-refractivity contribution < 1.29 is 9.13 Å². The minimum Gasteiger partial charge on any atom is -0.381 e. The van der Waals surface area contributed by atoms with Crippen LogP contribution in [0.5, 0.6) is 0 Å². The first-order chi connectivity index (χ1) is 14.7. The van der Waals surface area contributed by atoms with Crippen LogP contribution < -0.4 is 0 Å². The lowest BCUT2D eigenvalue weighted by Gasteiger charge is -2.26. The fourth-order valence-electron chi connectivity index (χ4n) is 4.35. The Morgan fingerprint density at radius 2 is 2.07 bits per heavy atom. The number of ether oxygens (including phenoxy) is 1. The first kappa shape index (κ1) is 17.9. The van der Waals surface area contributed by atoms with Crippen molar-refractivity contribution in [1.82, 2.24) is 29.1 Å². The van der Waals surface area contributed by atoms with Crippen LogP contribution in [0.2, 0.25) is 0 Å². The standard InChI is InChI=1S/C21H19FN6OS/c1-12-26-27-11-14(24-21(27)30-12)9-19-25-18-10-23-17-3-2-13(22)8-16(17)20(18)28(19)15-4-6-29-7-5-15/h2-3,8,10-11,15H,4-7,9H2,1H3. The van der Waals surface area contributed by atoms with Crippen LogP contribution in [0.3, 0.4) is 0 Å². The highest BCUT2D eigenvalue weighted by Gasteiger charge is 2.24. The monoisotopic (exact) mass is 422 g/mol. The molecule has 1 saturated heterocycles. The Hall–Kier alpha value is -2.91. The topological polar surface area (TPSA) is 70.1 Å². The van der Waals surface area contributed by atoms with E-state index in [1.54, 1.807) is 29.7 Å². The van der Waals surface area contributed by atoms with Gasteiger partial charge in [-0.15, -0.1) is 0 Å². The van der Waals surface area contributed by atoms with Gasteiger partial charge in [-0.05, 0) is 38.0 Å². The number of imidazole rings is 2. The second kappa shape index (κ2) is 6.82.